The van der Waals surface area contributed by atoms with Crippen molar-refractivity contribution in [3.63, 3.8) is 0 Å². The molecule has 0 saturated heterocycles. The Hall–Kier alpha value is -2.07. The third-order valence-corrected chi connectivity index (χ3v) is 11.4. The van der Waals surface area contributed by atoms with E-state index in [4.69, 9.17) is 23.6 Å². The van der Waals surface area contributed by atoms with Crippen LogP contribution in [0.15, 0.2) is 48.6 Å². The molecule has 3 atom stereocenters. The van der Waals surface area contributed by atoms with Gasteiger partial charge in [-0.1, -0.05) is 178 Å². The molecule has 10 nitrogen and oxygen atoms in total. The quantitative estimate of drug-likeness (QED) is 0.0233. The first-order chi connectivity index (χ1) is 29.7. The van der Waals surface area contributed by atoms with Crippen LogP contribution < -0.4 is 0 Å². The summed E-state index contributed by atoms with van der Waals surface area (Å²) in [5.74, 6) is -0.930. The highest BCUT2D eigenvalue weighted by Gasteiger charge is 2.27. The molecule has 0 bridgehead atoms. The van der Waals surface area contributed by atoms with E-state index >= 15 is 0 Å². The van der Waals surface area contributed by atoms with Gasteiger partial charge in [-0.2, -0.15) is 0 Å². The van der Waals surface area contributed by atoms with Crippen LogP contribution in [0.25, 0.3) is 0 Å². The minimum absolute atomic E-state index is 0.178. The van der Waals surface area contributed by atoms with E-state index in [1.165, 1.54) is 116 Å². The van der Waals surface area contributed by atoms with E-state index in [1.54, 1.807) is 0 Å². The van der Waals surface area contributed by atoms with Crippen LogP contribution in [0.4, 0.5) is 0 Å². The van der Waals surface area contributed by atoms with Crippen molar-refractivity contribution in [1.29, 1.82) is 0 Å². The second-order valence-electron chi connectivity index (χ2n) is 16.5. The van der Waals surface area contributed by atoms with Crippen molar-refractivity contribution >= 4 is 19.8 Å². The SMILES string of the molecule is CCCCC/C=C\C/C=C\CCCCCCCCCCCC(=O)OCC(COP(=O)(O)OCC(O)CO)OC(=O)CCCCCCCCCCC/C=C\C/C=C\CCCCC. The molecule has 0 saturated carbocycles. The van der Waals surface area contributed by atoms with E-state index in [1.807, 2.05) is 0 Å². The molecule has 61 heavy (non-hydrogen) atoms. The zero-order chi connectivity index (χ0) is 44.8. The van der Waals surface area contributed by atoms with Crippen LogP contribution in [0.1, 0.15) is 219 Å². The number of unbranched alkanes of at least 4 members (excludes halogenated alkanes) is 24. The fourth-order valence-electron chi connectivity index (χ4n) is 6.64. The Labute approximate surface area is 373 Å². The molecule has 3 N–H and O–H groups in total. The summed E-state index contributed by atoms with van der Waals surface area (Å²) in [6.45, 7) is 2.34. The Morgan fingerprint density at radius 1 is 0.492 bits per heavy atom. The van der Waals surface area contributed by atoms with Gasteiger partial charge in [-0.3, -0.25) is 18.6 Å². The number of hydrogen-bond donors (Lipinski definition) is 3. The Kier molecular flexibility index (Phi) is 44.4. The van der Waals surface area contributed by atoms with Gasteiger partial charge < -0.3 is 24.6 Å². The molecule has 356 valence electrons. The Bertz CT molecular complexity index is 1150. The molecule has 0 aromatic carbocycles. The fourth-order valence-corrected chi connectivity index (χ4v) is 7.43. The molecule has 0 fully saturated rings. The van der Waals surface area contributed by atoms with Gasteiger partial charge in [-0.05, 0) is 77.0 Å². The van der Waals surface area contributed by atoms with Crippen LogP contribution in [-0.4, -0.2) is 65.7 Å². The summed E-state index contributed by atoms with van der Waals surface area (Å²) in [4.78, 5) is 35.1. The maximum atomic E-state index is 12.7. The second kappa shape index (κ2) is 45.9. The molecule has 0 aliphatic heterocycles. The van der Waals surface area contributed by atoms with Crippen LogP contribution in [0.3, 0.4) is 0 Å². The highest BCUT2D eigenvalue weighted by molar-refractivity contribution is 7.47. The Balaban J connectivity index is 4.22. The molecule has 0 aliphatic carbocycles. The normalized spacial score (nSPS) is 14.1. The van der Waals surface area contributed by atoms with Crippen molar-refractivity contribution in [2.24, 2.45) is 0 Å². The maximum Gasteiger partial charge on any atom is 0.472 e. The second-order valence-corrected chi connectivity index (χ2v) is 17.9. The van der Waals surface area contributed by atoms with Crippen LogP contribution in [0.2, 0.25) is 0 Å². The van der Waals surface area contributed by atoms with E-state index < -0.39 is 51.8 Å². The summed E-state index contributed by atoms with van der Waals surface area (Å²) in [6.07, 6.45) is 50.7. The fraction of sp³-hybridized carbons (Fsp3) is 0.800. The lowest BCUT2D eigenvalue weighted by molar-refractivity contribution is -0.161. The van der Waals surface area contributed by atoms with Crippen molar-refractivity contribution in [2.75, 3.05) is 26.4 Å². The molecule has 0 radical (unpaired) electrons. The molecule has 3 unspecified atom stereocenters. The number of aliphatic hydroxyl groups is 2. The smallest absolute Gasteiger partial charge is 0.462 e. The van der Waals surface area contributed by atoms with Gasteiger partial charge in [0, 0.05) is 12.8 Å². The number of hydrogen-bond acceptors (Lipinski definition) is 9. The topological polar surface area (TPSA) is 149 Å². The molecule has 0 amide bonds. The van der Waals surface area contributed by atoms with E-state index in [9.17, 15) is 24.2 Å². The molecule has 0 aromatic rings. The summed E-state index contributed by atoms with van der Waals surface area (Å²) in [5, 5.41) is 18.4. The summed E-state index contributed by atoms with van der Waals surface area (Å²) < 4.78 is 32.8. The number of allylic oxidation sites excluding steroid dienone is 8. The zero-order valence-corrected chi connectivity index (χ0v) is 39.8. The first-order valence-corrected chi connectivity index (χ1v) is 26.1. The van der Waals surface area contributed by atoms with Gasteiger partial charge >= 0.3 is 19.8 Å². The van der Waals surface area contributed by atoms with Gasteiger partial charge in [-0.15, -0.1) is 0 Å². The number of carbonyl (C=O) groups is 2. The van der Waals surface area contributed by atoms with Crippen molar-refractivity contribution in [3.05, 3.63) is 48.6 Å². The summed E-state index contributed by atoms with van der Waals surface area (Å²) in [5.41, 5.74) is 0. The molecular formula is C50H91O10P. The van der Waals surface area contributed by atoms with E-state index in [0.29, 0.717) is 12.8 Å². The number of rotatable bonds is 46. The lowest BCUT2D eigenvalue weighted by Crippen LogP contribution is -2.29. The highest BCUT2D eigenvalue weighted by Crippen LogP contribution is 2.43. The monoisotopic (exact) mass is 883 g/mol. The first kappa shape index (κ1) is 58.9. The van der Waals surface area contributed by atoms with Crippen molar-refractivity contribution in [1.82, 2.24) is 0 Å². The number of carbonyl (C=O) groups excluding carboxylic acids is 2. The predicted molar refractivity (Wildman–Crippen MR) is 251 cm³/mol. The number of ether oxygens (including phenoxy) is 2. The number of phosphoric acid groups is 1. The van der Waals surface area contributed by atoms with E-state index in [0.717, 1.165) is 64.2 Å². The van der Waals surface area contributed by atoms with Crippen molar-refractivity contribution < 1.29 is 47.8 Å². The maximum absolute atomic E-state index is 12.7. The van der Waals surface area contributed by atoms with Crippen LogP contribution in [0.5, 0.6) is 0 Å². The number of phosphoric ester groups is 1. The predicted octanol–water partition coefficient (Wildman–Crippen LogP) is 13.7. The summed E-state index contributed by atoms with van der Waals surface area (Å²) in [6, 6.07) is 0. The molecule has 0 rings (SSSR count). The third-order valence-electron chi connectivity index (χ3n) is 10.5. The molecule has 11 heteroatoms. The number of aliphatic hydroxyl groups excluding tert-OH is 2. The average Bonchev–Trinajstić information content (AvgIpc) is 3.25. The standard InChI is InChI=1S/C50H91O10P/c1-3-5-7-9-11-13-15-17-19-21-23-25-27-29-31-33-35-37-39-41-49(53)57-45-48(46-59-61(55,56)58-44-47(52)43-51)60-50(54)42-40-38-36-34-32-30-28-26-24-22-20-18-16-14-12-10-8-6-4-2/h11-14,17-20,47-48,51-52H,3-10,15-16,21-46H2,1-2H3,(H,55,56)/b13-11-,14-12-,19-17-,20-18-. The molecule has 0 aliphatic rings. The molecular weight excluding hydrogens is 792 g/mol. The average molecular weight is 883 g/mol. The summed E-state index contributed by atoms with van der Waals surface area (Å²) in [7, 11) is -4.62. The molecule has 0 spiro atoms. The number of esters is 2. The molecule has 0 heterocycles. The first-order valence-electron chi connectivity index (χ1n) is 24.6. The van der Waals surface area contributed by atoms with Crippen molar-refractivity contribution in [3.8, 4) is 0 Å². The minimum atomic E-state index is -4.62. The summed E-state index contributed by atoms with van der Waals surface area (Å²) >= 11 is 0. The van der Waals surface area contributed by atoms with E-state index in [-0.39, 0.29) is 19.4 Å². The van der Waals surface area contributed by atoms with Gasteiger partial charge in [0.1, 0.15) is 12.7 Å². The highest BCUT2D eigenvalue weighted by atomic mass is 31.2. The van der Waals surface area contributed by atoms with Crippen LogP contribution in [0, 0.1) is 0 Å². The van der Waals surface area contributed by atoms with Gasteiger partial charge in [0.2, 0.25) is 0 Å². The van der Waals surface area contributed by atoms with Crippen LogP contribution >= 0.6 is 7.82 Å². The van der Waals surface area contributed by atoms with E-state index in [2.05, 4.69) is 62.5 Å². The minimum Gasteiger partial charge on any atom is -0.462 e. The zero-order valence-electron chi connectivity index (χ0n) is 38.9. The Morgan fingerprint density at radius 3 is 1.26 bits per heavy atom. The van der Waals surface area contributed by atoms with Gasteiger partial charge in [0.25, 0.3) is 0 Å². The van der Waals surface area contributed by atoms with Crippen molar-refractivity contribution in [2.45, 2.75) is 232 Å². The third kappa shape index (κ3) is 45.8. The largest absolute Gasteiger partial charge is 0.472 e. The lowest BCUT2D eigenvalue weighted by Gasteiger charge is -2.20. The van der Waals surface area contributed by atoms with Gasteiger partial charge in [-0.25, -0.2) is 4.57 Å². The molecule has 0 aromatic heterocycles. The Morgan fingerprint density at radius 2 is 0.852 bits per heavy atom. The van der Waals surface area contributed by atoms with Crippen LogP contribution in [-0.2, 0) is 32.7 Å². The van der Waals surface area contributed by atoms with Gasteiger partial charge in [0.05, 0.1) is 19.8 Å². The van der Waals surface area contributed by atoms with Gasteiger partial charge in [0.15, 0.2) is 6.10 Å². The lowest BCUT2D eigenvalue weighted by atomic mass is 10.1.